The van der Waals surface area contributed by atoms with Gasteiger partial charge in [-0.2, -0.15) is 0 Å². The Balaban J connectivity index is 2.12. The molecule has 0 spiro atoms. The van der Waals surface area contributed by atoms with Crippen LogP contribution in [-0.2, 0) is 0 Å². The molecule has 2 aliphatic rings. The van der Waals surface area contributed by atoms with E-state index >= 15 is 0 Å². The molecule has 86 valence electrons. The van der Waals surface area contributed by atoms with Crippen molar-refractivity contribution >= 4 is 0 Å². The summed E-state index contributed by atoms with van der Waals surface area (Å²) in [6.07, 6.45) is 2.51. The molecule has 2 heterocycles. The smallest absolute Gasteiger partial charge is 0.0418 e. The third-order valence-electron chi connectivity index (χ3n) is 3.88. The molecule has 2 saturated heterocycles. The summed E-state index contributed by atoms with van der Waals surface area (Å²) in [6, 6.07) is 1.38. The molecule has 2 nitrogen and oxygen atoms in total. The topological polar surface area (TPSA) is 6.48 Å². The van der Waals surface area contributed by atoms with Crippen LogP contribution in [0.15, 0.2) is 12.3 Å². The molecule has 2 heteroatoms. The zero-order chi connectivity index (χ0) is 11.2. The molecule has 1 unspecified atom stereocenters. The van der Waals surface area contributed by atoms with Crippen LogP contribution in [0.1, 0.15) is 40.5 Å². The summed E-state index contributed by atoms with van der Waals surface area (Å²) < 4.78 is 0. The lowest BCUT2D eigenvalue weighted by Crippen LogP contribution is -2.60. The highest BCUT2D eigenvalue weighted by atomic mass is 15.3. The van der Waals surface area contributed by atoms with Gasteiger partial charge in [0.15, 0.2) is 0 Å². The van der Waals surface area contributed by atoms with E-state index in [1.54, 1.807) is 0 Å². The van der Waals surface area contributed by atoms with E-state index in [2.05, 4.69) is 44.1 Å². The van der Waals surface area contributed by atoms with E-state index in [1.165, 1.54) is 31.6 Å². The second-order valence-electron chi connectivity index (χ2n) is 6.08. The number of hydrogen-bond donors (Lipinski definition) is 0. The van der Waals surface area contributed by atoms with Crippen molar-refractivity contribution in [2.75, 3.05) is 13.1 Å². The number of nitrogens with zero attached hydrogens (tertiary/aromatic N) is 2. The molecular formula is C13H24N2. The van der Waals surface area contributed by atoms with Crippen LogP contribution in [0.4, 0.5) is 0 Å². The second kappa shape index (κ2) is 3.51. The lowest BCUT2D eigenvalue weighted by molar-refractivity contribution is 0.00820. The summed E-state index contributed by atoms with van der Waals surface area (Å²) in [5.74, 6) is 0. The van der Waals surface area contributed by atoms with E-state index in [9.17, 15) is 0 Å². The molecule has 2 aliphatic heterocycles. The summed E-state index contributed by atoms with van der Waals surface area (Å²) in [6.45, 7) is 15.9. The van der Waals surface area contributed by atoms with Gasteiger partial charge in [-0.05, 0) is 40.5 Å². The Hall–Kier alpha value is -0.500. The van der Waals surface area contributed by atoms with Crippen LogP contribution >= 0.6 is 0 Å². The fourth-order valence-corrected chi connectivity index (χ4v) is 3.08. The Labute approximate surface area is 93.9 Å². The molecule has 2 atom stereocenters. The minimum absolute atomic E-state index is 0.301. The summed E-state index contributed by atoms with van der Waals surface area (Å²) in [7, 11) is 0. The van der Waals surface area contributed by atoms with Crippen molar-refractivity contribution in [3.63, 3.8) is 0 Å². The van der Waals surface area contributed by atoms with Crippen LogP contribution in [0.5, 0.6) is 0 Å². The fraction of sp³-hybridized carbons (Fsp3) is 0.846. The van der Waals surface area contributed by atoms with E-state index in [4.69, 9.17) is 0 Å². The SMILES string of the molecule is C=C1CCC2CN(C(C)(C)C)[C@H](C)CN12. The number of allylic oxidation sites excluding steroid dienone is 1. The van der Waals surface area contributed by atoms with Crippen LogP contribution in [0, 0.1) is 0 Å². The van der Waals surface area contributed by atoms with Gasteiger partial charge in [-0.25, -0.2) is 0 Å². The van der Waals surface area contributed by atoms with Gasteiger partial charge >= 0.3 is 0 Å². The molecule has 0 aromatic rings. The van der Waals surface area contributed by atoms with Crippen molar-refractivity contribution in [3.05, 3.63) is 12.3 Å². The maximum absolute atomic E-state index is 4.17. The summed E-state index contributed by atoms with van der Waals surface area (Å²) in [5.41, 5.74) is 1.66. The maximum Gasteiger partial charge on any atom is 0.0418 e. The summed E-state index contributed by atoms with van der Waals surface area (Å²) in [4.78, 5) is 5.18. The van der Waals surface area contributed by atoms with Gasteiger partial charge in [0.2, 0.25) is 0 Å². The highest BCUT2D eigenvalue weighted by Gasteiger charge is 2.39. The predicted octanol–water partition coefficient (Wildman–Crippen LogP) is 2.47. The number of piperazine rings is 1. The number of fused-ring (bicyclic) bond motifs is 1. The Morgan fingerprint density at radius 3 is 2.53 bits per heavy atom. The third-order valence-corrected chi connectivity index (χ3v) is 3.88. The molecule has 0 aliphatic carbocycles. The average molecular weight is 208 g/mol. The Morgan fingerprint density at radius 1 is 1.27 bits per heavy atom. The normalized spacial score (nSPS) is 33.3. The van der Waals surface area contributed by atoms with Crippen molar-refractivity contribution in [1.29, 1.82) is 0 Å². The highest BCUT2D eigenvalue weighted by Crippen LogP contribution is 2.33. The summed E-state index contributed by atoms with van der Waals surface area (Å²) >= 11 is 0. The first-order valence-electron chi connectivity index (χ1n) is 6.11. The fourth-order valence-electron chi connectivity index (χ4n) is 3.08. The predicted molar refractivity (Wildman–Crippen MR) is 64.8 cm³/mol. The minimum Gasteiger partial charge on any atom is -0.369 e. The molecule has 0 amide bonds. The molecule has 15 heavy (non-hydrogen) atoms. The van der Waals surface area contributed by atoms with Gasteiger partial charge < -0.3 is 4.90 Å². The molecule has 0 aromatic heterocycles. The average Bonchev–Trinajstić information content (AvgIpc) is 2.45. The second-order valence-corrected chi connectivity index (χ2v) is 6.08. The molecule has 0 bridgehead atoms. The standard InChI is InChI=1S/C13H24N2/c1-10-6-7-12-9-15(13(3,4)5)11(2)8-14(10)12/h11-12H,1,6-9H2,2-5H3/t11-,12?/m1/s1. The van der Waals surface area contributed by atoms with Crippen LogP contribution in [0.3, 0.4) is 0 Å². The summed E-state index contributed by atoms with van der Waals surface area (Å²) in [5, 5.41) is 0. The number of hydrogen-bond acceptors (Lipinski definition) is 2. The Kier molecular flexibility index (Phi) is 2.58. The van der Waals surface area contributed by atoms with E-state index in [0.29, 0.717) is 11.6 Å². The van der Waals surface area contributed by atoms with Gasteiger partial charge in [-0.3, -0.25) is 4.90 Å². The first-order valence-corrected chi connectivity index (χ1v) is 6.11. The third kappa shape index (κ3) is 1.92. The molecule has 0 saturated carbocycles. The van der Waals surface area contributed by atoms with Gasteiger partial charge in [0.05, 0.1) is 0 Å². The van der Waals surface area contributed by atoms with E-state index < -0.39 is 0 Å². The molecule has 2 fully saturated rings. The van der Waals surface area contributed by atoms with E-state index in [1.807, 2.05) is 0 Å². The highest BCUT2D eigenvalue weighted by molar-refractivity contribution is 5.09. The molecule has 0 radical (unpaired) electrons. The Bertz CT molecular complexity index is 264. The lowest BCUT2D eigenvalue weighted by atomic mass is 9.98. The first kappa shape index (κ1) is 11.0. The van der Waals surface area contributed by atoms with Crippen molar-refractivity contribution in [2.45, 2.75) is 58.2 Å². The molecule has 0 N–H and O–H groups in total. The number of rotatable bonds is 0. The Morgan fingerprint density at radius 2 is 1.93 bits per heavy atom. The van der Waals surface area contributed by atoms with Crippen LogP contribution in [-0.4, -0.2) is 40.5 Å². The van der Waals surface area contributed by atoms with Gasteiger partial charge in [-0.15, -0.1) is 0 Å². The first-order chi connectivity index (χ1) is 6.89. The van der Waals surface area contributed by atoms with E-state index in [0.717, 1.165) is 6.04 Å². The van der Waals surface area contributed by atoms with Crippen molar-refractivity contribution < 1.29 is 0 Å². The molecule has 2 rings (SSSR count). The maximum atomic E-state index is 4.17. The van der Waals surface area contributed by atoms with E-state index in [-0.39, 0.29) is 0 Å². The van der Waals surface area contributed by atoms with Crippen LogP contribution in [0.2, 0.25) is 0 Å². The van der Waals surface area contributed by atoms with Crippen LogP contribution in [0.25, 0.3) is 0 Å². The monoisotopic (exact) mass is 208 g/mol. The zero-order valence-corrected chi connectivity index (χ0v) is 10.6. The van der Waals surface area contributed by atoms with Gasteiger partial charge in [0, 0.05) is 36.4 Å². The van der Waals surface area contributed by atoms with Crippen molar-refractivity contribution in [2.24, 2.45) is 0 Å². The lowest BCUT2D eigenvalue weighted by Gasteiger charge is -2.49. The minimum atomic E-state index is 0.301. The zero-order valence-electron chi connectivity index (χ0n) is 10.6. The van der Waals surface area contributed by atoms with Gasteiger partial charge in [-0.1, -0.05) is 6.58 Å². The van der Waals surface area contributed by atoms with Gasteiger partial charge in [0.25, 0.3) is 0 Å². The van der Waals surface area contributed by atoms with Crippen molar-refractivity contribution in [1.82, 2.24) is 9.80 Å². The molecule has 0 aromatic carbocycles. The van der Waals surface area contributed by atoms with Crippen molar-refractivity contribution in [3.8, 4) is 0 Å². The molecular weight excluding hydrogens is 184 g/mol. The van der Waals surface area contributed by atoms with Crippen LogP contribution < -0.4 is 0 Å². The van der Waals surface area contributed by atoms with Gasteiger partial charge in [0.1, 0.15) is 0 Å². The largest absolute Gasteiger partial charge is 0.369 e. The quantitative estimate of drug-likeness (QED) is 0.603.